The van der Waals surface area contributed by atoms with Crippen molar-refractivity contribution in [3.05, 3.63) is 59.2 Å². The fourth-order valence-corrected chi connectivity index (χ4v) is 4.79. The molecule has 1 fully saturated rings. The molecule has 0 aliphatic carbocycles. The lowest BCUT2D eigenvalue weighted by molar-refractivity contribution is -0.137. The number of amides is 1. The van der Waals surface area contributed by atoms with Crippen LogP contribution >= 0.6 is 0 Å². The smallest absolute Gasteiger partial charge is 0.379 e. The average molecular weight is 442 g/mol. The predicted molar refractivity (Wildman–Crippen MR) is 105 cm³/mol. The Hall–Kier alpha value is -2.43. The molecule has 0 atom stereocenters. The van der Waals surface area contributed by atoms with Gasteiger partial charge >= 0.3 is 6.18 Å². The Morgan fingerprint density at radius 1 is 1.13 bits per heavy atom. The van der Waals surface area contributed by atoms with Crippen LogP contribution in [0.2, 0.25) is 0 Å². The van der Waals surface area contributed by atoms with Crippen molar-refractivity contribution in [2.45, 2.75) is 24.4 Å². The first-order chi connectivity index (χ1) is 14.1. The van der Waals surface area contributed by atoms with Gasteiger partial charge in [-0.3, -0.25) is 4.79 Å². The minimum Gasteiger partial charge on any atom is -0.379 e. The van der Waals surface area contributed by atoms with Crippen molar-refractivity contribution in [2.75, 3.05) is 31.6 Å². The number of hydrogen-bond donors (Lipinski definition) is 1. The van der Waals surface area contributed by atoms with E-state index in [1.54, 1.807) is 19.1 Å². The lowest BCUT2D eigenvalue weighted by atomic mass is 10.1. The number of ether oxygens (including phenoxy) is 1. The topological polar surface area (TPSA) is 75.7 Å². The van der Waals surface area contributed by atoms with Gasteiger partial charge in [0, 0.05) is 18.8 Å². The van der Waals surface area contributed by atoms with Crippen LogP contribution in [0.4, 0.5) is 18.9 Å². The summed E-state index contributed by atoms with van der Waals surface area (Å²) < 4.78 is 70.8. The van der Waals surface area contributed by atoms with Crippen molar-refractivity contribution >= 4 is 21.6 Å². The van der Waals surface area contributed by atoms with Crippen molar-refractivity contribution in [2.24, 2.45) is 0 Å². The molecule has 2 aromatic rings. The minimum atomic E-state index is -4.49. The van der Waals surface area contributed by atoms with E-state index in [0.717, 1.165) is 12.1 Å². The highest BCUT2D eigenvalue weighted by Crippen LogP contribution is 2.30. The van der Waals surface area contributed by atoms with E-state index in [1.807, 2.05) is 0 Å². The van der Waals surface area contributed by atoms with Crippen LogP contribution < -0.4 is 5.32 Å². The van der Waals surface area contributed by atoms with Gasteiger partial charge in [0.05, 0.1) is 30.1 Å². The molecule has 0 bridgehead atoms. The van der Waals surface area contributed by atoms with Crippen molar-refractivity contribution in [3.63, 3.8) is 0 Å². The highest BCUT2D eigenvalue weighted by molar-refractivity contribution is 7.89. The lowest BCUT2D eigenvalue weighted by Crippen LogP contribution is -2.40. The van der Waals surface area contributed by atoms with Gasteiger partial charge in [-0.25, -0.2) is 8.42 Å². The van der Waals surface area contributed by atoms with Crippen molar-refractivity contribution in [3.8, 4) is 0 Å². The van der Waals surface area contributed by atoms with E-state index in [-0.39, 0.29) is 35.7 Å². The SMILES string of the molecule is Cc1ccc(NC(=O)Cc2cccc(C(F)(F)F)c2)cc1S(=O)(=O)N1CCOCC1. The van der Waals surface area contributed by atoms with E-state index in [2.05, 4.69) is 5.32 Å². The van der Waals surface area contributed by atoms with Gasteiger partial charge in [0.1, 0.15) is 0 Å². The Balaban J connectivity index is 1.76. The molecule has 1 aliphatic rings. The number of carbonyl (C=O) groups is 1. The molecule has 0 spiro atoms. The van der Waals surface area contributed by atoms with Crippen LogP contribution in [-0.4, -0.2) is 44.9 Å². The monoisotopic (exact) mass is 442 g/mol. The van der Waals surface area contributed by atoms with Gasteiger partial charge in [0.25, 0.3) is 0 Å². The van der Waals surface area contributed by atoms with E-state index in [9.17, 15) is 26.4 Å². The van der Waals surface area contributed by atoms with Crippen LogP contribution in [0.15, 0.2) is 47.4 Å². The third-order valence-electron chi connectivity index (χ3n) is 4.68. The van der Waals surface area contributed by atoms with Crippen molar-refractivity contribution in [1.82, 2.24) is 4.31 Å². The Bertz CT molecular complexity index is 1030. The quantitative estimate of drug-likeness (QED) is 0.772. The van der Waals surface area contributed by atoms with Gasteiger partial charge in [0.15, 0.2) is 0 Å². The van der Waals surface area contributed by atoms with Gasteiger partial charge in [-0.15, -0.1) is 0 Å². The van der Waals surface area contributed by atoms with Crippen LogP contribution in [0.1, 0.15) is 16.7 Å². The second kappa shape index (κ2) is 8.75. The molecule has 1 heterocycles. The van der Waals surface area contributed by atoms with E-state index in [1.165, 1.54) is 22.5 Å². The molecule has 3 rings (SSSR count). The summed E-state index contributed by atoms with van der Waals surface area (Å²) in [5.41, 5.74) is 0.152. The first-order valence-corrected chi connectivity index (χ1v) is 10.7. The number of benzene rings is 2. The fourth-order valence-electron chi connectivity index (χ4n) is 3.13. The summed E-state index contributed by atoms with van der Waals surface area (Å²) >= 11 is 0. The summed E-state index contributed by atoms with van der Waals surface area (Å²) in [4.78, 5) is 12.4. The summed E-state index contributed by atoms with van der Waals surface area (Å²) in [6.45, 7) is 2.76. The molecule has 10 heteroatoms. The van der Waals surface area contributed by atoms with E-state index >= 15 is 0 Å². The Morgan fingerprint density at radius 2 is 1.83 bits per heavy atom. The van der Waals surface area contributed by atoms with Gasteiger partial charge in [-0.2, -0.15) is 17.5 Å². The van der Waals surface area contributed by atoms with E-state index in [0.29, 0.717) is 18.8 Å². The molecular formula is C20H21F3N2O4S. The lowest BCUT2D eigenvalue weighted by Gasteiger charge is -2.26. The number of alkyl halides is 3. The first-order valence-electron chi connectivity index (χ1n) is 9.22. The molecule has 0 radical (unpaired) electrons. The standard InChI is InChI=1S/C20H21F3N2O4S/c1-14-5-6-17(13-18(14)30(27,28)25-7-9-29-10-8-25)24-19(26)12-15-3-2-4-16(11-15)20(21,22)23/h2-6,11,13H,7-10,12H2,1H3,(H,24,26). The second-order valence-corrected chi connectivity index (χ2v) is 8.83. The van der Waals surface area contributed by atoms with Gasteiger partial charge in [-0.1, -0.05) is 24.3 Å². The number of nitrogens with zero attached hydrogens (tertiary/aromatic N) is 1. The molecule has 162 valence electrons. The summed E-state index contributed by atoms with van der Waals surface area (Å²) in [5.74, 6) is -0.548. The van der Waals surface area contributed by atoms with E-state index < -0.39 is 27.7 Å². The normalized spacial score (nSPS) is 15.7. The zero-order chi connectivity index (χ0) is 21.9. The molecule has 0 unspecified atom stereocenters. The molecule has 2 aromatic carbocycles. The maximum absolute atomic E-state index is 12.9. The van der Waals surface area contributed by atoms with Crippen LogP contribution in [0.5, 0.6) is 0 Å². The number of anilines is 1. The highest BCUT2D eigenvalue weighted by atomic mass is 32.2. The number of aryl methyl sites for hydroxylation is 1. The van der Waals surface area contributed by atoms with Gasteiger partial charge in [-0.05, 0) is 36.2 Å². The summed E-state index contributed by atoms with van der Waals surface area (Å²) in [5, 5.41) is 2.56. The van der Waals surface area contributed by atoms with Crippen molar-refractivity contribution < 1.29 is 31.1 Å². The number of halogens is 3. The van der Waals surface area contributed by atoms with Gasteiger partial charge < -0.3 is 10.1 Å². The van der Waals surface area contributed by atoms with Crippen molar-refractivity contribution in [1.29, 1.82) is 0 Å². The molecule has 0 aromatic heterocycles. The second-order valence-electron chi connectivity index (χ2n) is 6.92. The highest BCUT2D eigenvalue weighted by Gasteiger charge is 2.30. The zero-order valence-corrected chi connectivity index (χ0v) is 17.0. The summed E-state index contributed by atoms with van der Waals surface area (Å²) in [6.07, 6.45) is -4.77. The maximum atomic E-state index is 12.9. The van der Waals surface area contributed by atoms with Crippen LogP contribution in [0.25, 0.3) is 0 Å². The Morgan fingerprint density at radius 3 is 2.50 bits per heavy atom. The number of sulfonamides is 1. The Labute approximate surface area is 172 Å². The van der Waals surface area contributed by atoms with E-state index in [4.69, 9.17) is 4.74 Å². The molecule has 1 N–H and O–H groups in total. The number of hydrogen-bond acceptors (Lipinski definition) is 4. The Kier molecular flexibility index (Phi) is 6.49. The number of morpholine rings is 1. The van der Waals surface area contributed by atoms with Gasteiger partial charge in [0.2, 0.25) is 15.9 Å². The number of nitrogens with one attached hydrogen (secondary N) is 1. The van der Waals surface area contributed by atoms with Crippen LogP contribution in [-0.2, 0) is 32.2 Å². The maximum Gasteiger partial charge on any atom is 0.416 e. The fraction of sp³-hybridized carbons (Fsp3) is 0.350. The summed E-state index contributed by atoms with van der Waals surface area (Å²) in [6, 6.07) is 9.02. The number of rotatable bonds is 5. The first kappa shape index (κ1) is 22.3. The minimum absolute atomic E-state index is 0.0706. The third-order valence-corrected chi connectivity index (χ3v) is 6.72. The van der Waals surface area contributed by atoms with Crippen LogP contribution in [0.3, 0.4) is 0 Å². The molecule has 1 amide bonds. The molecule has 30 heavy (non-hydrogen) atoms. The molecule has 1 saturated heterocycles. The molecule has 0 saturated carbocycles. The molecular weight excluding hydrogens is 421 g/mol. The third kappa shape index (κ3) is 5.18. The number of carbonyl (C=O) groups excluding carboxylic acids is 1. The summed E-state index contributed by atoms with van der Waals surface area (Å²) in [7, 11) is -3.75. The molecule has 1 aliphatic heterocycles. The zero-order valence-electron chi connectivity index (χ0n) is 16.2. The molecule has 6 nitrogen and oxygen atoms in total. The average Bonchev–Trinajstić information content (AvgIpc) is 2.69. The largest absolute Gasteiger partial charge is 0.416 e. The predicted octanol–water partition coefficient (Wildman–Crippen LogP) is 3.22. The van der Waals surface area contributed by atoms with Crippen LogP contribution in [0, 0.1) is 6.92 Å².